The molecule has 1 amide bonds. The number of aryl methyl sites for hydroxylation is 1. The van der Waals surface area contributed by atoms with Crippen LogP contribution in [0.15, 0.2) is 24.3 Å². The van der Waals surface area contributed by atoms with E-state index in [1.807, 2.05) is 31.2 Å². The Morgan fingerprint density at radius 3 is 2.83 bits per heavy atom. The zero-order valence-electron chi connectivity index (χ0n) is 10.9. The lowest BCUT2D eigenvalue weighted by Crippen LogP contribution is -2.41. The first kappa shape index (κ1) is 13.6. The summed E-state index contributed by atoms with van der Waals surface area (Å²) in [7, 11) is 0. The summed E-state index contributed by atoms with van der Waals surface area (Å²) in [6, 6.07) is 8.22. The number of hydrogen-bond acceptors (Lipinski definition) is 1. The van der Waals surface area contributed by atoms with E-state index >= 15 is 0 Å². The van der Waals surface area contributed by atoms with Crippen molar-refractivity contribution >= 4 is 21.8 Å². The smallest absolute Gasteiger partial charge is 0.254 e. The Labute approximate surface area is 117 Å². The van der Waals surface area contributed by atoms with Crippen molar-refractivity contribution in [3.63, 3.8) is 0 Å². The van der Waals surface area contributed by atoms with Crippen molar-refractivity contribution in [1.82, 2.24) is 4.90 Å². The minimum atomic E-state index is 0.194. The fourth-order valence-corrected chi connectivity index (χ4v) is 3.25. The van der Waals surface area contributed by atoms with Gasteiger partial charge in [0.2, 0.25) is 0 Å². The summed E-state index contributed by atoms with van der Waals surface area (Å²) in [6.45, 7) is 2.90. The number of halogens is 1. The van der Waals surface area contributed by atoms with Crippen LogP contribution in [-0.4, -0.2) is 28.7 Å². The third-order valence-electron chi connectivity index (χ3n) is 3.69. The van der Waals surface area contributed by atoms with Crippen LogP contribution < -0.4 is 0 Å². The second-order valence-electron chi connectivity index (χ2n) is 4.97. The highest BCUT2D eigenvalue weighted by Crippen LogP contribution is 2.21. The molecule has 0 aliphatic carbocycles. The maximum absolute atomic E-state index is 12.6. The van der Waals surface area contributed by atoms with Gasteiger partial charge in [0.25, 0.3) is 5.91 Å². The average molecular weight is 310 g/mol. The summed E-state index contributed by atoms with van der Waals surface area (Å²) in [6.07, 6.45) is 4.71. The van der Waals surface area contributed by atoms with Crippen LogP contribution in [0.4, 0.5) is 0 Å². The van der Waals surface area contributed by atoms with Gasteiger partial charge >= 0.3 is 0 Å². The van der Waals surface area contributed by atoms with Gasteiger partial charge in [0.1, 0.15) is 0 Å². The molecular weight excluding hydrogens is 290 g/mol. The Bertz CT molecular complexity index is 419. The fourth-order valence-electron chi connectivity index (χ4n) is 2.57. The standard InChI is InChI=1S/C15H20BrNO/c1-12-7-4-5-9-14(12)15(18)17-10-6-2-3-8-13(17)11-16/h4-5,7,9,13H,2-3,6,8,10-11H2,1H3. The van der Waals surface area contributed by atoms with E-state index in [0.29, 0.717) is 6.04 Å². The van der Waals surface area contributed by atoms with Crippen LogP contribution in [0.25, 0.3) is 0 Å². The van der Waals surface area contributed by atoms with E-state index in [1.54, 1.807) is 0 Å². The van der Waals surface area contributed by atoms with E-state index in [4.69, 9.17) is 0 Å². The lowest BCUT2D eigenvalue weighted by atomic mass is 10.1. The number of carbonyl (C=O) groups is 1. The molecule has 18 heavy (non-hydrogen) atoms. The van der Waals surface area contributed by atoms with E-state index in [1.165, 1.54) is 12.8 Å². The lowest BCUT2D eigenvalue weighted by Gasteiger charge is -2.29. The van der Waals surface area contributed by atoms with Gasteiger partial charge in [0.05, 0.1) is 0 Å². The minimum Gasteiger partial charge on any atom is -0.335 e. The number of benzene rings is 1. The molecule has 0 radical (unpaired) electrons. The van der Waals surface area contributed by atoms with Crippen molar-refractivity contribution in [2.45, 2.75) is 38.6 Å². The van der Waals surface area contributed by atoms with Crippen LogP contribution in [-0.2, 0) is 0 Å². The third-order valence-corrected chi connectivity index (χ3v) is 4.44. The molecule has 1 aromatic carbocycles. The van der Waals surface area contributed by atoms with Gasteiger partial charge in [-0.25, -0.2) is 0 Å². The van der Waals surface area contributed by atoms with Crippen molar-refractivity contribution in [3.8, 4) is 0 Å². The van der Waals surface area contributed by atoms with Crippen molar-refractivity contribution < 1.29 is 4.79 Å². The molecule has 0 saturated carbocycles. The highest BCUT2D eigenvalue weighted by molar-refractivity contribution is 9.09. The molecule has 2 rings (SSSR count). The topological polar surface area (TPSA) is 20.3 Å². The van der Waals surface area contributed by atoms with Crippen LogP contribution in [0.2, 0.25) is 0 Å². The normalized spacial score (nSPS) is 20.6. The largest absolute Gasteiger partial charge is 0.335 e. The van der Waals surface area contributed by atoms with Crippen molar-refractivity contribution in [1.29, 1.82) is 0 Å². The van der Waals surface area contributed by atoms with Crippen LogP contribution >= 0.6 is 15.9 Å². The number of alkyl halides is 1. The Kier molecular flexibility index (Phi) is 4.81. The summed E-state index contributed by atoms with van der Waals surface area (Å²) < 4.78 is 0. The number of likely N-dealkylation sites (tertiary alicyclic amines) is 1. The van der Waals surface area contributed by atoms with Gasteiger partial charge in [-0.15, -0.1) is 0 Å². The monoisotopic (exact) mass is 309 g/mol. The first-order chi connectivity index (χ1) is 8.74. The lowest BCUT2D eigenvalue weighted by molar-refractivity contribution is 0.0701. The first-order valence-corrected chi connectivity index (χ1v) is 7.78. The van der Waals surface area contributed by atoms with Crippen LogP contribution in [0.5, 0.6) is 0 Å². The maximum Gasteiger partial charge on any atom is 0.254 e. The number of hydrogen-bond donors (Lipinski definition) is 0. The number of nitrogens with zero attached hydrogens (tertiary/aromatic N) is 1. The number of carbonyl (C=O) groups excluding carboxylic acids is 1. The highest BCUT2D eigenvalue weighted by Gasteiger charge is 2.25. The Morgan fingerprint density at radius 1 is 1.33 bits per heavy atom. The summed E-state index contributed by atoms with van der Waals surface area (Å²) in [5.74, 6) is 0.194. The van der Waals surface area contributed by atoms with Crippen molar-refractivity contribution in [2.24, 2.45) is 0 Å². The maximum atomic E-state index is 12.6. The molecule has 0 N–H and O–H groups in total. The van der Waals surface area contributed by atoms with Crippen LogP contribution in [0, 0.1) is 6.92 Å². The Morgan fingerprint density at radius 2 is 2.11 bits per heavy atom. The van der Waals surface area contributed by atoms with Crippen LogP contribution in [0.1, 0.15) is 41.6 Å². The SMILES string of the molecule is Cc1ccccc1C(=O)N1CCCCCC1CBr. The van der Waals surface area contributed by atoms with Crippen molar-refractivity contribution in [2.75, 3.05) is 11.9 Å². The van der Waals surface area contributed by atoms with E-state index in [-0.39, 0.29) is 5.91 Å². The van der Waals surface area contributed by atoms with E-state index in [0.717, 1.165) is 35.8 Å². The van der Waals surface area contributed by atoms with Gasteiger partial charge in [-0.1, -0.05) is 47.0 Å². The molecule has 0 spiro atoms. The van der Waals surface area contributed by atoms with Crippen LogP contribution in [0.3, 0.4) is 0 Å². The van der Waals surface area contributed by atoms with Gasteiger partial charge in [-0.3, -0.25) is 4.79 Å². The molecule has 1 saturated heterocycles. The van der Waals surface area contributed by atoms with Gasteiger partial charge in [0.15, 0.2) is 0 Å². The number of rotatable bonds is 2. The zero-order valence-corrected chi connectivity index (χ0v) is 12.4. The molecule has 1 aliphatic rings. The van der Waals surface area contributed by atoms with Crippen molar-refractivity contribution in [3.05, 3.63) is 35.4 Å². The second-order valence-corrected chi connectivity index (χ2v) is 5.62. The van der Waals surface area contributed by atoms with Gasteiger partial charge in [0, 0.05) is 23.5 Å². The fraction of sp³-hybridized carbons (Fsp3) is 0.533. The quantitative estimate of drug-likeness (QED) is 0.761. The second kappa shape index (κ2) is 6.37. The Balaban J connectivity index is 2.23. The summed E-state index contributed by atoms with van der Waals surface area (Å²) in [4.78, 5) is 14.7. The third kappa shape index (κ3) is 2.94. The summed E-state index contributed by atoms with van der Waals surface area (Å²) in [5, 5.41) is 0.880. The van der Waals surface area contributed by atoms with E-state index in [9.17, 15) is 4.79 Å². The molecule has 98 valence electrons. The molecule has 2 nitrogen and oxygen atoms in total. The minimum absolute atomic E-state index is 0.194. The molecule has 1 aliphatic heterocycles. The van der Waals surface area contributed by atoms with E-state index in [2.05, 4.69) is 20.8 Å². The molecule has 3 heteroatoms. The summed E-state index contributed by atoms with van der Waals surface area (Å²) >= 11 is 3.55. The zero-order chi connectivity index (χ0) is 13.0. The van der Waals surface area contributed by atoms with E-state index < -0.39 is 0 Å². The molecule has 1 aromatic rings. The van der Waals surface area contributed by atoms with Gasteiger partial charge < -0.3 is 4.90 Å². The Hall–Kier alpha value is -0.830. The summed E-state index contributed by atoms with van der Waals surface area (Å²) in [5.41, 5.74) is 1.92. The molecular formula is C15H20BrNO. The molecule has 1 unspecified atom stereocenters. The molecule has 1 fully saturated rings. The average Bonchev–Trinajstić information content (AvgIpc) is 2.63. The van der Waals surface area contributed by atoms with Gasteiger partial charge in [-0.05, 0) is 31.4 Å². The molecule has 0 aromatic heterocycles. The first-order valence-electron chi connectivity index (χ1n) is 6.66. The predicted octanol–water partition coefficient (Wildman–Crippen LogP) is 3.77. The van der Waals surface area contributed by atoms with Gasteiger partial charge in [-0.2, -0.15) is 0 Å². The number of amides is 1. The highest BCUT2D eigenvalue weighted by atomic mass is 79.9. The molecule has 0 bridgehead atoms. The molecule has 1 atom stereocenters. The molecule has 1 heterocycles. The predicted molar refractivity (Wildman–Crippen MR) is 78.3 cm³/mol.